The average Bonchev–Trinajstić information content (AvgIpc) is 2.48. The van der Waals surface area contributed by atoms with Gasteiger partial charge in [0.05, 0.1) is 12.7 Å². The summed E-state index contributed by atoms with van der Waals surface area (Å²) in [6.45, 7) is 0.737. The second kappa shape index (κ2) is 7.08. The molecule has 0 aliphatic rings. The molecule has 0 radical (unpaired) electrons. The van der Waals surface area contributed by atoms with Crippen LogP contribution in [0, 0.1) is 0 Å². The number of rotatable bonds is 6. The fourth-order valence-corrected chi connectivity index (χ4v) is 2.19. The molecule has 0 heterocycles. The van der Waals surface area contributed by atoms with E-state index in [1.807, 2.05) is 66.5 Å². The first kappa shape index (κ1) is 14.6. The lowest BCUT2D eigenvalue weighted by molar-refractivity contribution is 0.178. The van der Waals surface area contributed by atoms with E-state index in [1.165, 1.54) is 0 Å². The Labute approximate surface area is 120 Å². The highest BCUT2D eigenvalue weighted by atomic mass is 16.3. The lowest BCUT2D eigenvalue weighted by Crippen LogP contribution is -2.21. The van der Waals surface area contributed by atoms with Crippen molar-refractivity contribution in [2.45, 2.75) is 12.5 Å². The molecule has 0 saturated carbocycles. The predicted molar refractivity (Wildman–Crippen MR) is 81.9 cm³/mol. The topological polar surface area (TPSA) is 43.7 Å². The van der Waals surface area contributed by atoms with Gasteiger partial charge in [-0.15, -0.1) is 0 Å². The molecule has 0 spiro atoms. The number of benzene rings is 2. The number of likely N-dealkylation sites (N-methyl/N-ethyl adjacent to an activating group) is 1. The van der Waals surface area contributed by atoms with Crippen molar-refractivity contribution in [1.82, 2.24) is 0 Å². The number of aliphatic hydroxyl groups excluding tert-OH is 2. The van der Waals surface area contributed by atoms with Gasteiger partial charge in [-0.25, -0.2) is 0 Å². The summed E-state index contributed by atoms with van der Waals surface area (Å²) in [6, 6.07) is 17.8. The van der Waals surface area contributed by atoms with E-state index in [9.17, 15) is 5.11 Å². The van der Waals surface area contributed by atoms with Gasteiger partial charge in [-0.1, -0.05) is 42.5 Å². The monoisotopic (exact) mass is 271 g/mol. The van der Waals surface area contributed by atoms with Crippen LogP contribution in [0.4, 0.5) is 5.69 Å². The minimum absolute atomic E-state index is 0.134. The molecule has 2 N–H and O–H groups in total. The van der Waals surface area contributed by atoms with Crippen molar-refractivity contribution in [2.75, 3.05) is 25.1 Å². The second-order valence-electron chi connectivity index (χ2n) is 4.94. The Kier molecular flexibility index (Phi) is 5.16. The molecule has 2 rings (SSSR count). The van der Waals surface area contributed by atoms with Gasteiger partial charge in [-0.3, -0.25) is 0 Å². The van der Waals surface area contributed by atoms with Gasteiger partial charge >= 0.3 is 0 Å². The van der Waals surface area contributed by atoms with Crippen LogP contribution in [0.3, 0.4) is 0 Å². The molecule has 0 aromatic heterocycles. The van der Waals surface area contributed by atoms with Crippen LogP contribution in [0.15, 0.2) is 54.6 Å². The second-order valence-corrected chi connectivity index (χ2v) is 4.94. The van der Waals surface area contributed by atoms with E-state index in [2.05, 4.69) is 0 Å². The Balaban J connectivity index is 2.02. The fraction of sp³-hybridized carbons (Fsp3) is 0.294. The Morgan fingerprint density at radius 2 is 1.65 bits per heavy atom. The van der Waals surface area contributed by atoms with E-state index < -0.39 is 6.10 Å². The highest BCUT2D eigenvalue weighted by molar-refractivity contribution is 5.47. The lowest BCUT2D eigenvalue weighted by Gasteiger charge is -2.19. The van der Waals surface area contributed by atoms with E-state index in [0.29, 0.717) is 13.0 Å². The molecule has 2 aromatic carbocycles. The summed E-state index contributed by atoms with van der Waals surface area (Å²) < 4.78 is 0. The molecule has 0 aliphatic carbocycles. The van der Waals surface area contributed by atoms with Gasteiger partial charge in [0.1, 0.15) is 0 Å². The van der Waals surface area contributed by atoms with Crippen molar-refractivity contribution in [3.63, 3.8) is 0 Å². The summed E-state index contributed by atoms with van der Waals surface area (Å²) in [5, 5.41) is 19.2. The Bertz CT molecular complexity index is 510. The third-order valence-corrected chi connectivity index (χ3v) is 3.43. The number of aliphatic hydroxyl groups is 2. The molecule has 106 valence electrons. The van der Waals surface area contributed by atoms with Crippen LogP contribution in [0.2, 0.25) is 0 Å². The first-order valence-electron chi connectivity index (χ1n) is 6.84. The summed E-state index contributed by atoms with van der Waals surface area (Å²) in [5.41, 5.74) is 3.08. The zero-order valence-corrected chi connectivity index (χ0v) is 11.7. The molecule has 1 atom stereocenters. The van der Waals surface area contributed by atoms with Crippen LogP contribution in [0.25, 0.3) is 0 Å². The third kappa shape index (κ3) is 3.83. The average molecular weight is 271 g/mol. The first-order chi connectivity index (χ1) is 9.70. The lowest BCUT2D eigenvalue weighted by atomic mass is 10.0. The van der Waals surface area contributed by atoms with Crippen molar-refractivity contribution in [2.24, 2.45) is 0 Å². The molecule has 3 heteroatoms. The minimum Gasteiger partial charge on any atom is -0.395 e. The van der Waals surface area contributed by atoms with Gasteiger partial charge in [0.25, 0.3) is 0 Å². The van der Waals surface area contributed by atoms with Gasteiger partial charge in [-0.05, 0) is 23.3 Å². The van der Waals surface area contributed by atoms with E-state index in [1.54, 1.807) is 0 Å². The van der Waals surface area contributed by atoms with Gasteiger partial charge in [0.15, 0.2) is 0 Å². The number of hydrogen-bond donors (Lipinski definition) is 2. The van der Waals surface area contributed by atoms with Gasteiger partial charge in [0.2, 0.25) is 0 Å². The van der Waals surface area contributed by atoms with Crippen molar-refractivity contribution < 1.29 is 10.2 Å². The molecular formula is C17H21NO2. The van der Waals surface area contributed by atoms with Crippen LogP contribution >= 0.6 is 0 Å². The number of nitrogens with zero attached hydrogens (tertiary/aromatic N) is 1. The smallest absolute Gasteiger partial charge is 0.0830 e. The molecule has 2 aromatic rings. The van der Waals surface area contributed by atoms with Crippen molar-refractivity contribution in [1.29, 1.82) is 0 Å². The van der Waals surface area contributed by atoms with Crippen molar-refractivity contribution in [3.8, 4) is 0 Å². The molecule has 0 bridgehead atoms. The zero-order chi connectivity index (χ0) is 14.4. The van der Waals surface area contributed by atoms with Crippen LogP contribution < -0.4 is 4.90 Å². The SMILES string of the molecule is CN(CCO)c1ccc(C(O)Cc2ccccc2)cc1. The molecule has 0 aliphatic heterocycles. The van der Waals surface area contributed by atoms with E-state index in [4.69, 9.17) is 5.11 Å². The molecule has 3 nitrogen and oxygen atoms in total. The van der Waals surface area contributed by atoms with Crippen molar-refractivity contribution >= 4 is 5.69 Å². The van der Waals surface area contributed by atoms with Crippen LogP contribution in [0.5, 0.6) is 0 Å². The molecule has 0 saturated heterocycles. The summed E-state index contributed by atoms with van der Waals surface area (Å²) in [7, 11) is 1.94. The maximum atomic E-state index is 10.3. The largest absolute Gasteiger partial charge is 0.395 e. The van der Waals surface area contributed by atoms with E-state index in [-0.39, 0.29) is 6.61 Å². The van der Waals surface area contributed by atoms with Crippen LogP contribution in [-0.2, 0) is 6.42 Å². The predicted octanol–water partition coefficient (Wildman–Crippen LogP) is 2.39. The minimum atomic E-state index is -0.491. The fourth-order valence-electron chi connectivity index (χ4n) is 2.19. The molecular weight excluding hydrogens is 250 g/mol. The normalized spacial score (nSPS) is 12.2. The van der Waals surface area contributed by atoms with E-state index >= 15 is 0 Å². The maximum absolute atomic E-state index is 10.3. The van der Waals surface area contributed by atoms with Crippen molar-refractivity contribution in [3.05, 3.63) is 65.7 Å². The molecule has 0 fully saturated rings. The standard InChI is InChI=1S/C17H21NO2/c1-18(11-12-19)16-9-7-15(8-10-16)17(20)13-14-5-3-2-4-6-14/h2-10,17,19-20H,11-13H2,1H3. The van der Waals surface area contributed by atoms with Crippen LogP contribution in [0.1, 0.15) is 17.2 Å². The number of hydrogen-bond acceptors (Lipinski definition) is 3. The Morgan fingerprint density at radius 3 is 2.25 bits per heavy atom. The van der Waals surface area contributed by atoms with Gasteiger partial charge in [-0.2, -0.15) is 0 Å². The highest BCUT2D eigenvalue weighted by Gasteiger charge is 2.09. The zero-order valence-electron chi connectivity index (χ0n) is 11.7. The maximum Gasteiger partial charge on any atom is 0.0830 e. The summed E-state index contributed by atoms with van der Waals surface area (Å²) >= 11 is 0. The summed E-state index contributed by atoms with van der Waals surface area (Å²) in [6.07, 6.45) is 0.127. The molecule has 20 heavy (non-hydrogen) atoms. The number of anilines is 1. The third-order valence-electron chi connectivity index (χ3n) is 3.43. The quantitative estimate of drug-likeness (QED) is 0.848. The summed E-state index contributed by atoms with van der Waals surface area (Å²) in [5.74, 6) is 0. The highest BCUT2D eigenvalue weighted by Crippen LogP contribution is 2.21. The van der Waals surface area contributed by atoms with Gasteiger partial charge < -0.3 is 15.1 Å². The van der Waals surface area contributed by atoms with E-state index in [0.717, 1.165) is 16.8 Å². The van der Waals surface area contributed by atoms with Crippen LogP contribution in [-0.4, -0.2) is 30.4 Å². The first-order valence-corrected chi connectivity index (χ1v) is 6.84. The summed E-state index contributed by atoms with van der Waals surface area (Å²) in [4.78, 5) is 1.98. The van der Waals surface area contributed by atoms with Gasteiger partial charge in [0, 0.05) is 25.7 Å². The molecule has 1 unspecified atom stereocenters. The molecule has 0 amide bonds. The Morgan fingerprint density at radius 1 is 1.00 bits per heavy atom. The Hall–Kier alpha value is -1.84.